The molecule has 0 bridgehead atoms. The number of nitriles is 1. The third kappa shape index (κ3) is 4.82. The van der Waals surface area contributed by atoms with Gasteiger partial charge in [0.25, 0.3) is 10.2 Å². The topological polar surface area (TPSA) is 102 Å². The van der Waals surface area contributed by atoms with Gasteiger partial charge in [-0.25, -0.2) is 8.78 Å². The number of anilines is 1. The molecule has 34 heavy (non-hydrogen) atoms. The van der Waals surface area contributed by atoms with Crippen LogP contribution >= 0.6 is 22.9 Å². The third-order valence-corrected chi connectivity index (χ3v) is 8.54. The smallest absolute Gasteiger partial charge is 0.280 e. The molecule has 12 heteroatoms. The summed E-state index contributed by atoms with van der Waals surface area (Å²) >= 11 is 7.01. The Hall–Kier alpha value is -2.88. The molecule has 2 atom stereocenters. The summed E-state index contributed by atoms with van der Waals surface area (Å²) in [6.07, 6.45) is 0.123. The molecule has 1 saturated heterocycles. The number of rotatable bonds is 4. The van der Waals surface area contributed by atoms with Crippen molar-refractivity contribution in [2.75, 3.05) is 12.4 Å². The summed E-state index contributed by atoms with van der Waals surface area (Å²) in [4.78, 5) is 14.2. The lowest BCUT2D eigenvalue weighted by molar-refractivity contribution is -0.120. The number of nitrogens with one attached hydrogen (secondary N) is 2. The number of thiophene rings is 1. The number of halogens is 3. The number of carbonyl (C=O) groups excluding carboxylic acids is 1. The first-order valence-corrected chi connectivity index (χ1v) is 12.5. The van der Waals surface area contributed by atoms with Crippen molar-refractivity contribution in [2.24, 2.45) is 0 Å². The first kappa shape index (κ1) is 24.3. The molecule has 0 radical (unpaired) electrons. The Morgan fingerprint density at radius 3 is 2.65 bits per heavy atom. The fraction of sp³-hybridized carbons (Fsp3) is 0.182. The lowest BCUT2D eigenvalue weighted by Gasteiger charge is -2.35. The standard InChI is InChI=1S/C22H17ClF2N4O3S2/c1-29-19(22(30)27-14-4-5-16(24)15(23)9-14)10-18(28-34(29,31)32)21-7-6-20(33-21)12-2-3-13(11-26)17(25)8-12/h2-9,18-19,28H,10H2,1H3,(H,27,30). The Labute approximate surface area is 203 Å². The minimum Gasteiger partial charge on any atom is -0.325 e. The number of amides is 1. The van der Waals surface area contributed by atoms with E-state index in [2.05, 4.69) is 10.0 Å². The highest BCUT2D eigenvalue weighted by Gasteiger charge is 2.41. The fourth-order valence-electron chi connectivity index (χ4n) is 3.55. The van der Waals surface area contributed by atoms with Crippen molar-refractivity contribution in [3.05, 3.63) is 75.6 Å². The Balaban J connectivity index is 1.58. The average molecular weight is 523 g/mol. The van der Waals surface area contributed by atoms with Gasteiger partial charge in [-0.1, -0.05) is 17.7 Å². The first-order valence-electron chi connectivity index (χ1n) is 9.90. The van der Waals surface area contributed by atoms with Crippen LogP contribution in [0.1, 0.15) is 22.9 Å². The van der Waals surface area contributed by atoms with Crippen LogP contribution in [-0.4, -0.2) is 31.7 Å². The zero-order chi connectivity index (χ0) is 24.6. The number of carbonyl (C=O) groups is 1. The van der Waals surface area contributed by atoms with E-state index in [1.54, 1.807) is 24.3 Å². The van der Waals surface area contributed by atoms with Crippen molar-refractivity contribution in [3.8, 4) is 16.5 Å². The molecular weight excluding hydrogens is 506 g/mol. The molecule has 0 spiro atoms. The summed E-state index contributed by atoms with van der Waals surface area (Å²) in [6.45, 7) is 0. The van der Waals surface area contributed by atoms with E-state index in [4.69, 9.17) is 16.9 Å². The normalized spacial score (nSPS) is 20.0. The number of likely N-dealkylation sites (N-methyl/N-ethyl adjacent to an activating group) is 1. The van der Waals surface area contributed by atoms with E-state index < -0.39 is 39.8 Å². The minimum atomic E-state index is -3.98. The molecule has 176 valence electrons. The Morgan fingerprint density at radius 1 is 1.21 bits per heavy atom. The summed E-state index contributed by atoms with van der Waals surface area (Å²) in [5.74, 6) is -1.88. The summed E-state index contributed by atoms with van der Waals surface area (Å²) in [6, 6.07) is 11.4. The van der Waals surface area contributed by atoms with Crippen LogP contribution in [-0.2, 0) is 15.0 Å². The maximum Gasteiger partial charge on any atom is 0.280 e. The van der Waals surface area contributed by atoms with E-state index in [0.29, 0.717) is 15.3 Å². The maximum absolute atomic E-state index is 14.0. The van der Waals surface area contributed by atoms with Crippen LogP contribution in [0.15, 0.2) is 48.5 Å². The maximum atomic E-state index is 14.0. The van der Waals surface area contributed by atoms with Gasteiger partial charge >= 0.3 is 0 Å². The average Bonchev–Trinajstić information content (AvgIpc) is 3.28. The second-order valence-electron chi connectivity index (χ2n) is 7.57. The molecule has 1 aliphatic heterocycles. The van der Waals surface area contributed by atoms with E-state index in [0.717, 1.165) is 10.4 Å². The van der Waals surface area contributed by atoms with Crippen molar-refractivity contribution in [1.82, 2.24) is 9.03 Å². The zero-order valence-corrected chi connectivity index (χ0v) is 19.9. The van der Waals surface area contributed by atoms with Crippen molar-refractivity contribution in [2.45, 2.75) is 18.5 Å². The van der Waals surface area contributed by atoms with E-state index in [-0.39, 0.29) is 22.7 Å². The number of hydrogen-bond acceptors (Lipinski definition) is 5. The van der Waals surface area contributed by atoms with Crippen molar-refractivity contribution in [3.63, 3.8) is 0 Å². The van der Waals surface area contributed by atoms with Gasteiger partial charge in [-0.05, 0) is 54.4 Å². The van der Waals surface area contributed by atoms with Crippen LogP contribution < -0.4 is 10.0 Å². The van der Waals surface area contributed by atoms with Gasteiger partial charge < -0.3 is 5.32 Å². The van der Waals surface area contributed by atoms with Gasteiger partial charge in [0.1, 0.15) is 23.7 Å². The van der Waals surface area contributed by atoms with Crippen LogP contribution in [0.5, 0.6) is 0 Å². The highest BCUT2D eigenvalue weighted by atomic mass is 35.5. The zero-order valence-electron chi connectivity index (χ0n) is 17.6. The SMILES string of the molecule is CN1C(C(=O)Nc2ccc(F)c(Cl)c2)CC(c2ccc(-c3ccc(C#N)c(F)c3)s2)NS1(=O)=O. The molecule has 3 aromatic rings. The molecule has 2 heterocycles. The number of hydrogen-bond donors (Lipinski definition) is 2. The van der Waals surface area contributed by atoms with E-state index in [1.165, 1.54) is 42.6 Å². The van der Waals surface area contributed by atoms with Gasteiger partial charge in [-0.2, -0.15) is 22.7 Å². The third-order valence-electron chi connectivity index (χ3n) is 5.40. The fourth-order valence-corrected chi connectivity index (χ4v) is 6.14. The van der Waals surface area contributed by atoms with Crippen molar-refractivity contribution >= 4 is 44.7 Å². The van der Waals surface area contributed by atoms with Gasteiger partial charge in [-0.15, -0.1) is 11.3 Å². The molecule has 2 unspecified atom stereocenters. The highest BCUT2D eigenvalue weighted by Crippen LogP contribution is 2.36. The van der Waals surface area contributed by atoms with Crippen LogP contribution in [0, 0.1) is 23.0 Å². The molecule has 1 fully saturated rings. The first-order chi connectivity index (χ1) is 16.1. The summed E-state index contributed by atoms with van der Waals surface area (Å²) in [5, 5.41) is 11.3. The van der Waals surface area contributed by atoms with Crippen LogP contribution in [0.4, 0.5) is 14.5 Å². The summed E-state index contributed by atoms with van der Waals surface area (Å²) in [5.41, 5.74) is 0.712. The minimum absolute atomic E-state index is 0.0695. The van der Waals surface area contributed by atoms with Gasteiger partial charge in [0.05, 0.1) is 16.6 Å². The van der Waals surface area contributed by atoms with Crippen molar-refractivity contribution < 1.29 is 22.0 Å². The van der Waals surface area contributed by atoms with Crippen LogP contribution in [0.3, 0.4) is 0 Å². The molecule has 2 N–H and O–H groups in total. The quantitative estimate of drug-likeness (QED) is 0.529. The second-order valence-corrected chi connectivity index (χ2v) is 10.9. The molecule has 7 nitrogen and oxygen atoms in total. The lowest BCUT2D eigenvalue weighted by atomic mass is 10.1. The van der Waals surface area contributed by atoms with E-state index >= 15 is 0 Å². The summed E-state index contributed by atoms with van der Waals surface area (Å²) in [7, 11) is -2.69. The molecule has 2 aromatic carbocycles. The van der Waals surface area contributed by atoms with Gasteiger partial charge in [0, 0.05) is 22.5 Å². The van der Waals surface area contributed by atoms with Gasteiger partial charge in [-0.3, -0.25) is 4.79 Å². The molecule has 1 aliphatic rings. The monoisotopic (exact) mass is 522 g/mol. The Kier molecular flexibility index (Phi) is 6.71. The summed E-state index contributed by atoms with van der Waals surface area (Å²) < 4.78 is 56.3. The largest absolute Gasteiger partial charge is 0.325 e. The molecular formula is C22H17ClF2N4O3S2. The van der Waals surface area contributed by atoms with Gasteiger partial charge in [0.2, 0.25) is 5.91 Å². The molecule has 1 amide bonds. The van der Waals surface area contributed by atoms with Crippen molar-refractivity contribution in [1.29, 1.82) is 5.26 Å². The molecule has 0 saturated carbocycles. The predicted molar refractivity (Wildman–Crippen MR) is 125 cm³/mol. The van der Waals surface area contributed by atoms with E-state index in [1.807, 2.05) is 0 Å². The van der Waals surface area contributed by atoms with E-state index in [9.17, 15) is 22.0 Å². The van der Waals surface area contributed by atoms with Crippen LogP contribution in [0.25, 0.3) is 10.4 Å². The predicted octanol–water partition coefficient (Wildman–Crippen LogP) is 4.44. The number of benzene rings is 2. The molecule has 1 aromatic heterocycles. The van der Waals surface area contributed by atoms with Gasteiger partial charge in [0.15, 0.2) is 0 Å². The van der Waals surface area contributed by atoms with Crippen LogP contribution in [0.2, 0.25) is 5.02 Å². The molecule has 4 rings (SSSR count). The highest BCUT2D eigenvalue weighted by molar-refractivity contribution is 7.87. The molecule has 0 aliphatic carbocycles. The second kappa shape index (κ2) is 9.40. The number of nitrogens with zero attached hydrogens (tertiary/aromatic N) is 2. The Morgan fingerprint density at radius 2 is 1.97 bits per heavy atom. The lowest BCUT2D eigenvalue weighted by Crippen LogP contribution is -2.55. The Bertz CT molecular complexity index is 1420.